The number of nitrogens with one attached hydrogen (secondary N) is 2. The van der Waals surface area contributed by atoms with Gasteiger partial charge in [0, 0.05) is 6.54 Å². The van der Waals surface area contributed by atoms with E-state index >= 15 is 0 Å². The molecule has 0 saturated carbocycles. The molecule has 2 heterocycles. The van der Waals surface area contributed by atoms with Crippen LogP contribution >= 0.6 is 0 Å². The van der Waals surface area contributed by atoms with E-state index < -0.39 is 10.0 Å². The van der Waals surface area contributed by atoms with Crippen molar-refractivity contribution >= 4 is 21.1 Å². The third kappa shape index (κ3) is 2.62. The summed E-state index contributed by atoms with van der Waals surface area (Å²) in [6, 6.07) is 5.59. The lowest BCUT2D eigenvalue weighted by Gasteiger charge is -2.06. The lowest BCUT2D eigenvalue weighted by molar-refractivity contribution is 0.390. The van der Waals surface area contributed by atoms with Crippen molar-refractivity contribution in [2.45, 2.75) is 32.2 Å². The molecule has 7 nitrogen and oxygen atoms in total. The monoisotopic (exact) mass is 320 g/mol. The van der Waals surface area contributed by atoms with Crippen molar-refractivity contribution in [2.75, 3.05) is 0 Å². The van der Waals surface area contributed by atoms with Crippen LogP contribution in [0.5, 0.6) is 0 Å². The quantitative estimate of drug-likeness (QED) is 0.765. The second-order valence-corrected chi connectivity index (χ2v) is 6.86. The molecule has 0 bridgehead atoms. The average molecular weight is 320 g/mol. The predicted molar refractivity (Wildman–Crippen MR) is 80.8 cm³/mol. The van der Waals surface area contributed by atoms with E-state index in [1.54, 1.807) is 13.8 Å². The number of rotatable bonds is 4. The van der Waals surface area contributed by atoms with Gasteiger partial charge in [0.1, 0.15) is 16.4 Å². The minimum absolute atomic E-state index is 0.103. The maximum Gasteiger partial charge on any atom is 0.246 e. The molecule has 0 aliphatic heterocycles. The number of aryl methyl sites for hydroxylation is 3. The molecule has 1 aromatic carbocycles. The molecule has 0 aliphatic rings. The van der Waals surface area contributed by atoms with Crippen LogP contribution in [0.1, 0.15) is 22.8 Å². The number of benzene rings is 1. The van der Waals surface area contributed by atoms with Gasteiger partial charge in [-0.15, -0.1) is 0 Å². The Balaban J connectivity index is 1.84. The van der Waals surface area contributed by atoms with Crippen molar-refractivity contribution in [1.29, 1.82) is 0 Å². The molecule has 0 amide bonds. The molecule has 0 saturated heterocycles. The molecular formula is C14H16N4O3S. The first kappa shape index (κ1) is 14.7. The fraction of sp³-hybridized carbons (Fsp3) is 0.286. The number of hydrogen-bond acceptors (Lipinski definition) is 5. The fourth-order valence-corrected chi connectivity index (χ4v) is 3.75. The van der Waals surface area contributed by atoms with Gasteiger partial charge in [-0.3, -0.25) is 0 Å². The highest BCUT2D eigenvalue weighted by atomic mass is 32.2. The number of sulfonamides is 1. The SMILES string of the molecule is Cc1nc2ccc(CNS(=O)(=O)c3c(C)noc3C)cc2[nH]1. The van der Waals surface area contributed by atoms with Crippen LogP contribution in [0.4, 0.5) is 0 Å². The Morgan fingerprint density at radius 3 is 2.73 bits per heavy atom. The Bertz CT molecular complexity index is 921. The zero-order valence-corrected chi connectivity index (χ0v) is 13.3. The van der Waals surface area contributed by atoms with E-state index in [1.165, 1.54) is 0 Å². The van der Waals surface area contributed by atoms with Crippen molar-refractivity contribution in [3.63, 3.8) is 0 Å². The smallest absolute Gasteiger partial charge is 0.246 e. The largest absolute Gasteiger partial charge is 0.360 e. The summed E-state index contributed by atoms with van der Waals surface area (Å²) < 4.78 is 32.2. The molecule has 0 radical (unpaired) electrons. The van der Waals surface area contributed by atoms with Crippen molar-refractivity contribution < 1.29 is 12.9 Å². The first-order valence-corrected chi connectivity index (χ1v) is 8.23. The Labute approximate surface area is 127 Å². The molecular weight excluding hydrogens is 304 g/mol. The van der Waals surface area contributed by atoms with Gasteiger partial charge in [0.25, 0.3) is 0 Å². The third-order valence-corrected chi connectivity index (χ3v) is 5.01. The summed E-state index contributed by atoms with van der Waals surface area (Å²) in [6.07, 6.45) is 0. The van der Waals surface area contributed by atoms with E-state index in [1.807, 2.05) is 25.1 Å². The summed E-state index contributed by atoms with van der Waals surface area (Å²) >= 11 is 0. The van der Waals surface area contributed by atoms with Gasteiger partial charge >= 0.3 is 0 Å². The molecule has 3 rings (SSSR count). The normalized spacial score (nSPS) is 12.1. The van der Waals surface area contributed by atoms with Gasteiger partial charge in [-0.1, -0.05) is 11.2 Å². The van der Waals surface area contributed by atoms with Gasteiger partial charge in [0.15, 0.2) is 5.76 Å². The molecule has 3 aromatic rings. The lowest BCUT2D eigenvalue weighted by Crippen LogP contribution is -2.24. The van der Waals surface area contributed by atoms with Crippen LogP contribution in [0.15, 0.2) is 27.6 Å². The summed E-state index contributed by atoms with van der Waals surface area (Å²) in [6.45, 7) is 5.23. The molecule has 116 valence electrons. The van der Waals surface area contributed by atoms with Gasteiger partial charge in [0.2, 0.25) is 10.0 Å². The van der Waals surface area contributed by atoms with Gasteiger partial charge in [0.05, 0.1) is 11.0 Å². The Hall–Kier alpha value is -2.19. The van der Waals surface area contributed by atoms with Crippen molar-refractivity contribution in [2.24, 2.45) is 0 Å². The zero-order valence-electron chi connectivity index (χ0n) is 12.5. The topological polar surface area (TPSA) is 101 Å². The van der Waals surface area contributed by atoms with Crippen LogP contribution in [-0.2, 0) is 16.6 Å². The van der Waals surface area contributed by atoms with Crippen molar-refractivity contribution in [1.82, 2.24) is 19.8 Å². The molecule has 0 aliphatic carbocycles. The van der Waals surface area contributed by atoms with E-state index in [0.717, 1.165) is 22.4 Å². The second-order valence-electron chi connectivity index (χ2n) is 5.15. The maximum absolute atomic E-state index is 12.3. The number of H-pyrrole nitrogens is 1. The number of imidazole rings is 1. The Morgan fingerprint density at radius 1 is 1.27 bits per heavy atom. The van der Waals surface area contributed by atoms with Crippen LogP contribution in [0.3, 0.4) is 0 Å². The molecule has 0 atom stereocenters. The molecule has 22 heavy (non-hydrogen) atoms. The highest BCUT2D eigenvalue weighted by molar-refractivity contribution is 7.89. The molecule has 0 unspecified atom stereocenters. The molecule has 0 spiro atoms. The first-order valence-electron chi connectivity index (χ1n) is 6.74. The average Bonchev–Trinajstić information content (AvgIpc) is 2.98. The summed E-state index contributed by atoms with van der Waals surface area (Å²) in [5.74, 6) is 1.10. The molecule has 8 heteroatoms. The van der Waals surface area contributed by atoms with E-state index in [9.17, 15) is 8.42 Å². The van der Waals surface area contributed by atoms with E-state index in [-0.39, 0.29) is 17.2 Å². The summed E-state index contributed by atoms with van der Waals surface area (Å²) in [7, 11) is -3.66. The standard InChI is InChI=1S/C14H16N4O3S/c1-8-14(9(2)21-18-8)22(19,20)15-7-11-4-5-12-13(6-11)17-10(3)16-12/h4-6,15H,7H2,1-3H3,(H,16,17). The van der Waals surface area contributed by atoms with Gasteiger partial charge in [-0.05, 0) is 38.5 Å². The second kappa shape index (κ2) is 5.22. The molecule has 2 aromatic heterocycles. The Kier molecular flexibility index (Phi) is 3.50. The number of aromatic amines is 1. The van der Waals surface area contributed by atoms with Crippen molar-refractivity contribution in [3.05, 3.63) is 41.0 Å². The predicted octanol–water partition coefficient (Wildman–Crippen LogP) is 1.95. The van der Waals surface area contributed by atoms with Crippen LogP contribution in [0.2, 0.25) is 0 Å². The first-order chi connectivity index (χ1) is 10.4. The maximum atomic E-state index is 12.3. The lowest BCUT2D eigenvalue weighted by atomic mass is 10.2. The van der Waals surface area contributed by atoms with E-state index in [4.69, 9.17) is 4.52 Å². The summed E-state index contributed by atoms with van der Waals surface area (Å²) in [5, 5.41) is 3.67. The number of nitrogens with zero attached hydrogens (tertiary/aromatic N) is 2. The third-order valence-electron chi connectivity index (χ3n) is 3.37. The fourth-order valence-electron chi connectivity index (χ4n) is 2.40. The highest BCUT2D eigenvalue weighted by Crippen LogP contribution is 2.19. The zero-order chi connectivity index (χ0) is 15.9. The summed E-state index contributed by atoms with van der Waals surface area (Å²) in [5.41, 5.74) is 2.93. The number of hydrogen-bond donors (Lipinski definition) is 2. The van der Waals surface area contributed by atoms with E-state index in [0.29, 0.717) is 5.69 Å². The molecule has 0 fully saturated rings. The van der Waals surface area contributed by atoms with Crippen LogP contribution < -0.4 is 4.72 Å². The minimum atomic E-state index is -3.66. The number of aromatic nitrogens is 3. The van der Waals surface area contributed by atoms with Crippen LogP contribution in [-0.4, -0.2) is 23.5 Å². The summed E-state index contributed by atoms with van der Waals surface area (Å²) in [4.78, 5) is 7.54. The molecule has 2 N–H and O–H groups in total. The van der Waals surface area contributed by atoms with Gasteiger partial charge in [-0.25, -0.2) is 18.1 Å². The van der Waals surface area contributed by atoms with Crippen LogP contribution in [0.25, 0.3) is 11.0 Å². The highest BCUT2D eigenvalue weighted by Gasteiger charge is 2.23. The van der Waals surface area contributed by atoms with Crippen LogP contribution in [0, 0.1) is 20.8 Å². The van der Waals surface area contributed by atoms with Gasteiger partial charge in [-0.2, -0.15) is 0 Å². The van der Waals surface area contributed by atoms with Crippen molar-refractivity contribution in [3.8, 4) is 0 Å². The minimum Gasteiger partial charge on any atom is -0.360 e. The van der Waals surface area contributed by atoms with Gasteiger partial charge < -0.3 is 9.51 Å². The number of fused-ring (bicyclic) bond motifs is 1. The Morgan fingerprint density at radius 2 is 2.05 bits per heavy atom. The van der Waals surface area contributed by atoms with E-state index in [2.05, 4.69) is 19.8 Å².